The standard InChI is InChI=1S/C17H20N2O3/c1-17(2)8-12-14(13(21)9-17)15(18-16(22)19(12)3)10-5-4-6-11(20)7-10/h4-7,15,20H,8-9H2,1-3H3,(H,18,22)/t15-/m1/s1. The molecule has 0 unspecified atom stereocenters. The molecule has 22 heavy (non-hydrogen) atoms. The number of amides is 2. The van der Waals surface area contributed by atoms with Crippen molar-refractivity contribution < 1.29 is 14.7 Å². The monoisotopic (exact) mass is 300 g/mol. The van der Waals surface area contributed by atoms with Crippen molar-refractivity contribution in [1.82, 2.24) is 10.2 Å². The van der Waals surface area contributed by atoms with Gasteiger partial charge in [0, 0.05) is 24.7 Å². The lowest BCUT2D eigenvalue weighted by molar-refractivity contribution is -0.118. The molecule has 1 aromatic rings. The molecule has 1 aromatic carbocycles. The normalized spacial score (nSPS) is 24.1. The summed E-state index contributed by atoms with van der Waals surface area (Å²) in [5, 5.41) is 12.5. The number of hydrogen-bond donors (Lipinski definition) is 2. The molecule has 0 saturated heterocycles. The molecular weight excluding hydrogens is 280 g/mol. The molecule has 3 rings (SSSR count). The van der Waals surface area contributed by atoms with Crippen LogP contribution >= 0.6 is 0 Å². The Morgan fingerprint density at radius 2 is 2.00 bits per heavy atom. The van der Waals surface area contributed by atoms with Crippen molar-refractivity contribution >= 4 is 11.8 Å². The summed E-state index contributed by atoms with van der Waals surface area (Å²) in [6.07, 6.45) is 1.15. The van der Waals surface area contributed by atoms with Crippen molar-refractivity contribution in [3.8, 4) is 5.75 Å². The van der Waals surface area contributed by atoms with Gasteiger partial charge in [0.05, 0.1) is 6.04 Å². The summed E-state index contributed by atoms with van der Waals surface area (Å²) in [7, 11) is 1.69. The first-order valence-corrected chi connectivity index (χ1v) is 7.38. The first-order valence-electron chi connectivity index (χ1n) is 7.38. The Morgan fingerprint density at radius 3 is 2.68 bits per heavy atom. The second kappa shape index (κ2) is 4.87. The molecule has 0 fully saturated rings. The molecule has 5 heteroatoms. The van der Waals surface area contributed by atoms with Crippen molar-refractivity contribution in [2.75, 3.05) is 7.05 Å². The minimum absolute atomic E-state index is 0.0615. The molecule has 1 heterocycles. The summed E-state index contributed by atoms with van der Waals surface area (Å²) < 4.78 is 0. The fourth-order valence-corrected chi connectivity index (χ4v) is 3.30. The minimum Gasteiger partial charge on any atom is -0.508 e. The quantitative estimate of drug-likeness (QED) is 0.838. The number of carbonyl (C=O) groups is 2. The van der Waals surface area contributed by atoms with E-state index in [2.05, 4.69) is 5.32 Å². The van der Waals surface area contributed by atoms with Gasteiger partial charge in [0.25, 0.3) is 0 Å². The van der Waals surface area contributed by atoms with Crippen LogP contribution in [0.25, 0.3) is 0 Å². The summed E-state index contributed by atoms with van der Waals surface area (Å²) in [5.41, 5.74) is 2.01. The van der Waals surface area contributed by atoms with Gasteiger partial charge in [0.15, 0.2) is 5.78 Å². The number of nitrogens with zero attached hydrogens (tertiary/aromatic N) is 1. The zero-order chi connectivity index (χ0) is 16.1. The number of rotatable bonds is 1. The van der Waals surface area contributed by atoms with E-state index in [0.717, 1.165) is 11.3 Å². The van der Waals surface area contributed by atoms with Crippen molar-refractivity contribution in [2.24, 2.45) is 5.41 Å². The third-order valence-corrected chi connectivity index (χ3v) is 4.37. The topological polar surface area (TPSA) is 69.6 Å². The number of phenols is 1. The maximum absolute atomic E-state index is 12.7. The maximum Gasteiger partial charge on any atom is 0.322 e. The van der Waals surface area contributed by atoms with Crippen LogP contribution in [0.1, 0.15) is 38.3 Å². The highest BCUT2D eigenvalue weighted by Gasteiger charge is 2.42. The number of carbonyl (C=O) groups excluding carboxylic acids is 2. The summed E-state index contributed by atoms with van der Waals surface area (Å²) in [6, 6.07) is 5.97. The summed E-state index contributed by atoms with van der Waals surface area (Å²) in [6.45, 7) is 4.08. The lowest BCUT2D eigenvalue weighted by atomic mass is 9.72. The number of hydrogen-bond acceptors (Lipinski definition) is 3. The Bertz CT molecular complexity index is 691. The summed E-state index contributed by atoms with van der Waals surface area (Å²) >= 11 is 0. The number of benzene rings is 1. The van der Waals surface area contributed by atoms with Gasteiger partial charge in [-0.3, -0.25) is 4.79 Å². The number of allylic oxidation sites excluding steroid dienone is 1. The first-order chi connectivity index (χ1) is 10.3. The van der Waals surface area contributed by atoms with Gasteiger partial charge in [-0.1, -0.05) is 26.0 Å². The van der Waals surface area contributed by atoms with Crippen LogP contribution in [0.4, 0.5) is 4.79 Å². The number of nitrogens with one attached hydrogen (secondary N) is 1. The van der Waals surface area contributed by atoms with E-state index in [0.29, 0.717) is 18.4 Å². The number of Topliss-reactive ketones (excluding diaryl/α,β-unsaturated/α-hetero) is 1. The molecule has 2 N–H and O–H groups in total. The van der Waals surface area contributed by atoms with Crippen LogP contribution < -0.4 is 5.32 Å². The van der Waals surface area contributed by atoms with Crippen LogP contribution in [0, 0.1) is 5.41 Å². The van der Waals surface area contributed by atoms with Gasteiger partial charge < -0.3 is 15.3 Å². The molecule has 0 aromatic heterocycles. The Balaban J connectivity index is 2.13. The molecule has 5 nitrogen and oxygen atoms in total. The lowest BCUT2D eigenvalue weighted by Crippen LogP contribution is -2.49. The average molecular weight is 300 g/mol. The zero-order valence-corrected chi connectivity index (χ0v) is 13.0. The highest BCUT2D eigenvalue weighted by Crippen LogP contribution is 2.43. The van der Waals surface area contributed by atoms with Crippen LogP contribution in [-0.4, -0.2) is 28.9 Å². The SMILES string of the molecule is CN1C(=O)N[C@H](c2cccc(O)c2)C2=C1CC(C)(C)CC2=O. The van der Waals surface area contributed by atoms with Crippen LogP contribution in [0.5, 0.6) is 5.75 Å². The van der Waals surface area contributed by atoms with E-state index >= 15 is 0 Å². The molecular formula is C17H20N2O3. The number of urea groups is 1. The highest BCUT2D eigenvalue weighted by molar-refractivity contribution is 6.01. The molecule has 2 aliphatic rings. The lowest BCUT2D eigenvalue weighted by Gasteiger charge is -2.42. The molecule has 1 atom stereocenters. The Hall–Kier alpha value is -2.30. The minimum atomic E-state index is -0.491. The fourth-order valence-electron chi connectivity index (χ4n) is 3.30. The number of ketones is 1. The van der Waals surface area contributed by atoms with E-state index in [1.807, 2.05) is 19.9 Å². The molecule has 0 bridgehead atoms. The van der Waals surface area contributed by atoms with E-state index in [1.165, 1.54) is 4.90 Å². The highest BCUT2D eigenvalue weighted by atomic mass is 16.3. The van der Waals surface area contributed by atoms with Gasteiger partial charge in [-0.2, -0.15) is 0 Å². The predicted molar refractivity (Wildman–Crippen MR) is 82.2 cm³/mol. The summed E-state index contributed by atoms with van der Waals surface area (Å²) in [5.74, 6) is 0.183. The van der Waals surface area contributed by atoms with E-state index in [-0.39, 0.29) is 23.0 Å². The second-order valence-electron chi connectivity index (χ2n) is 6.84. The zero-order valence-electron chi connectivity index (χ0n) is 13.0. The van der Waals surface area contributed by atoms with Crippen LogP contribution in [-0.2, 0) is 4.79 Å². The molecule has 1 aliphatic carbocycles. The Kier molecular flexibility index (Phi) is 3.24. The largest absolute Gasteiger partial charge is 0.508 e. The number of phenolic OH excluding ortho intramolecular Hbond substituents is 1. The van der Waals surface area contributed by atoms with Gasteiger partial charge in [0.1, 0.15) is 5.75 Å². The maximum atomic E-state index is 12.7. The van der Waals surface area contributed by atoms with Gasteiger partial charge in [0.2, 0.25) is 0 Å². The Morgan fingerprint density at radius 1 is 1.27 bits per heavy atom. The smallest absolute Gasteiger partial charge is 0.322 e. The molecule has 116 valence electrons. The van der Waals surface area contributed by atoms with Crippen LogP contribution in [0.2, 0.25) is 0 Å². The molecule has 0 radical (unpaired) electrons. The van der Waals surface area contributed by atoms with Gasteiger partial charge in [-0.15, -0.1) is 0 Å². The van der Waals surface area contributed by atoms with Crippen molar-refractivity contribution in [2.45, 2.75) is 32.7 Å². The van der Waals surface area contributed by atoms with E-state index < -0.39 is 6.04 Å². The predicted octanol–water partition coefficient (Wildman–Crippen LogP) is 2.73. The molecule has 1 aliphatic heterocycles. The van der Waals surface area contributed by atoms with E-state index in [9.17, 15) is 14.7 Å². The second-order valence-corrected chi connectivity index (χ2v) is 6.84. The molecule has 2 amide bonds. The third kappa shape index (κ3) is 2.36. The third-order valence-electron chi connectivity index (χ3n) is 4.37. The fraction of sp³-hybridized carbons (Fsp3) is 0.412. The van der Waals surface area contributed by atoms with Crippen molar-refractivity contribution in [3.63, 3.8) is 0 Å². The van der Waals surface area contributed by atoms with Crippen molar-refractivity contribution in [3.05, 3.63) is 41.1 Å². The van der Waals surface area contributed by atoms with Gasteiger partial charge in [-0.25, -0.2) is 4.79 Å². The summed E-state index contributed by atoms with van der Waals surface area (Å²) in [4.78, 5) is 26.4. The Labute approximate surface area is 129 Å². The van der Waals surface area contributed by atoms with Gasteiger partial charge in [-0.05, 0) is 29.5 Å². The number of aromatic hydroxyl groups is 1. The average Bonchev–Trinajstić information content (AvgIpc) is 2.42. The van der Waals surface area contributed by atoms with E-state index in [1.54, 1.807) is 25.2 Å². The van der Waals surface area contributed by atoms with Crippen molar-refractivity contribution in [1.29, 1.82) is 0 Å². The first kappa shape index (κ1) is 14.6. The molecule has 0 saturated carbocycles. The van der Waals surface area contributed by atoms with Crippen LogP contribution in [0.3, 0.4) is 0 Å². The van der Waals surface area contributed by atoms with Crippen LogP contribution in [0.15, 0.2) is 35.5 Å². The van der Waals surface area contributed by atoms with E-state index in [4.69, 9.17) is 0 Å². The van der Waals surface area contributed by atoms with Gasteiger partial charge >= 0.3 is 6.03 Å². The molecule has 0 spiro atoms.